The predicted octanol–water partition coefficient (Wildman–Crippen LogP) is 2.43. The van der Waals surface area contributed by atoms with Crippen molar-refractivity contribution in [3.05, 3.63) is 51.5 Å². The molecular weight excluding hydrogens is 434 g/mol. The number of nitro benzene ring substituents is 1. The monoisotopic (exact) mass is 463 g/mol. The van der Waals surface area contributed by atoms with Gasteiger partial charge in [0.1, 0.15) is 11.5 Å². The van der Waals surface area contributed by atoms with Gasteiger partial charge in [0.25, 0.3) is 5.69 Å². The molecule has 1 spiro atoms. The molecule has 178 valence electrons. The summed E-state index contributed by atoms with van der Waals surface area (Å²) in [6.07, 6.45) is 5.45. The molecule has 10 heteroatoms. The number of nitrogens with zero attached hydrogens (tertiary/aromatic N) is 6. The number of rotatable bonds is 2. The quantitative estimate of drug-likeness (QED) is 0.532. The van der Waals surface area contributed by atoms with Crippen LogP contribution in [0.1, 0.15) is 43.1 Å². The Morgan fingerprint density at radius 2 is 2.09 bits per heavy atom. The van der Waals surface area contributed by atoms with E-state index in [1.54, 1.807) is 12.1 Å². The summed E-state index contributed by atoms with van der Waals surface area (Å²) in [5.41, 5.74) is 9.96. The van der Waals surface area contributed by atoms with Crippen LogP contribution in [0.4, 0.5) is 17.2 Å². The number of nitrogens with two attached hydrogens (primary N) is 1. The zero-order valence-corrected chi connectivity index (χ0v) is 19.3. The third kappa shape index (κ3) is 3.27. The molecule has 0 aliphatic carbocycles. The number of hydrogen-bond donors (Lipinski definition) is 1. The van der Waals surface area contributed by atoms with E-state index in [4.69, 9.17) is 25.4 Å². The number of fused-ring (bicyclic) bond motifs is 2. The summed E-state index contributed by atoms with van der Waals surface area (Å²) >= 11 is 0. The van der Waals surface area contributed by atoms with Crippen LogP contribution in [-0.4, -0.2) is 59.1 Å². The van der Waals surface area contributed by atoms with Crippen molar-refractivity contribution in [1.82, 2.24) is 9.97 Å². The zero-order chi connectivity index (χ0) is 23.4. The molecule has 2 saturated heterocycles. The molecule has 0 radical (unpaired) electrons. The maximum Gasteiger partial charge on any atom is 0.274 e. The molecule has 2 N–H and O–H groups in total. The third-order valence-corrected chi connectivity index (χ3v) is 8.03. The minimum Gasteiger partial charge on any atom is -0.376 e. The summed E-state index contributed by atoms with van der Waals surface area (Å²) in [5, 5.41) is 11.5. The Labute approximate surface area is 198 Å². The van der Waals surface area contributed by atoms with Crippen LogP contribution in [0.2, 0.25) is 0 Å². The second-order valence-electron chi connectivity index (χ2n) is 9.84. The minimum absolute atomic E-state index is 0.0701. The molecule has 2 aromatic rings. The smallest absolute Gasteiger partial charge is 0.274 e. The highest BCUT2D eigenvalue weighted by Gasteiger charge is 2.47. The maximum absolute atomic E-state index is 11.5. The predicted molar refractivity (Wildman–Crippen MR) is 128 cm³/mol. The van der Waals surface area contributed by atoms with E-state index >= 15 is 0 Å². The molecule has 0 bridgehead atoms. The van der Waals surface area contributed by atoms with Crippen LogP contribution in [0.25, 0.3) is 0 Å². The first-order valence-corrected chi connectivity index (χ1v) is 12.0. The molecule has 4 aliphatic heterocycles. The van der Waals surface area contributed by atoms with Gasteiger partial charge in [0.15, 0.2) is 5.84 Å². The fraction of sp³-hybridized carbons (Fsp3) is 0.542. The standard InChI is InChI=1S/C24H29N7O3/c1-15-22(25)24(14-34-15)7-10-29(11-8-24)20-13-26-21-17(28-20)12-27-23(21)30-9-3-4-16-18(30)5-2-6-19(16)31(32)33/h2,5-6,13,15,22H,3-4,7-12,14,25H2,1H3/t15-,22+/m0/s1. The van der Waals surface area contributed by atoms with Crippen LogP contribution >= 0.6 is 0 Å². The molecule has 2 fully saturated rings. The van der Waals surface area contributed by atoms with Gasteiger partial charge in [-0.15, -0.1) is 0 Å². The topological polar surface area (TPSA) is 123 Å². The average molecular weight is 464 g/mol. The lowest BCUT2D eigenvalue weighted by atomic mass is 9.73. The lowest BCUT2D eigenvalue weighted by molar-refractivity contribution is -0.385. The van der Waals surface area contributed by atoms with Gasteiger partial charge in [-0.05, 0) is 38.7 Å². The Morgan fingerprint density at radius 3 is 2.82 bits per heavy atom. The number of anilines is 2. The first-order valence-electron chi connectivity index (χ1n) is 12.0. The number of hydrogen-bond acceptors (Lipinski definition) is 9. The summed E-state index contributed by atoms with van der Waals surface area (Å²) in [7, 11) is 0. The van der Waals surface area contributed by atoms with Crippen molar-refractivity contribution in [3.63, 3.8) is 0 Å². The summed E-state index contributed by atoms with van der Waals surface area (Å²) < 4.78 is 5.85. The number of amidine groups is 1. The Kier molecular flexibility index (Phi) is 5.03. The first kappa shape index (κ1) is 21.4. The van der Waals surface area contributed by atoms with Crippen molar-refractivity contribution >= 4 is 23.0 Å². The zero-order valence-electron chi connectivity index (χ0n) is 19.3. The van der Waals surface area contributed by atoms with Crippen molar-refractivity contribution < 1.29 is 9.66 Å². The summed E-state index contributed by atoms with van der Waals surface area (Å²) in [5.74, 6) is 1.64. The van der Waals surface area contributed by atoms with E-state index in [0.29, 0.717) is 13.0 Å². The molecule has 5 heterocycles. The molecule has 1 aromatic heterocycles. The van der Waals surface area contributed by atoms with Gasteiger partial charge in [-0.2, -0.15) is 0 Å². The van der Waals surface area contributed by atoms with Crippen molar-refractivity contribution in [3.8, 4) is 0 Å². The van der Waals surface area contributed by atoms with Crippen LogP contribution in [0.3, 0.4) is 0 Å². The van der Waals surface area contributed by atoms with E-state index in [1.165, 1.54) is 0 Å². The van der Waals surface area contributed by atoms with Gasteiger partial charge in [0, 0.05) is 37.2 Å². The largest absolute Gasteiger partial charge is 0.376 e. The van der Waals surface area contributed by atoms with Gasteiger partial charge in [0.2, 0.25) is 0 Å². The Balaban J connectivity index is 1.22. The summed E-state index contributed by atoms with van der Waals surface area (Å²) in [6, 6.07) is 5.34. The fourth-order valence-corrected chi connectivity index (χ4v) is 5.96. The van der Waals surface area contributed by atoms with Crippen LogP contribution in [0.5, 0.6) is 0 Å². The van der Waals surface area contributed by atoms with Crippen LogP contribution in [0, 0.1) is 15.5 Å². The number of benzene rings is 1. The Hall–Kier alpha value is -3.11. The summed E-state index contributed by atoms with van der Waals surface area (Å²) in [6.45, 7) is 5.80. The SMILES string of the molecule is C[C@@H]1OCC2(CCN(c3cnc4c(n3)CN=C4N3CCCc4c3cccc4[N+](=O)[O-])CC2)[C@@H]1N. The highest BCUT2D eigenvalue weighted by molar-refractivity contribution is 6.11. The van der Waals surface area contributed by atoms with Gasteiger partial charge in [-0.1, -0.05) is 6.07 Å². The second kappa shape index (κ2) is 7.99. The molecule has 0 unspecified atom stereocenters. The average Bonchev–Trinajstić information content (AvgIpc) is 3.40. The van der Waals surface area contributed by atoms with E-state index in [-0.39, 0.29) is 28.2 Å². The highest BCUT2D eigenvalue weighted by atomic mass is 16.6. The van der Waals surface area contributed by atoms with E-state index in [9.17, 15) is 10.1 Å². The van der Waals surface area contributed by atoms with Gasteiger partial charge in [0.05, 0.1) is 47.3 Å². The molecule has 2 atom stereocenters. The first-order chi connectivity index (χ1) is 16.5. The van der Waals surface area contributed by atoms with Gasteiger partial charge in [-0.25, -0.2) is 9.97 Å². The number of ether oxygens (including phenoxy) is 1. The Morgan fingerprint density at radius 1 is 1.26 bits per heavy atom. The van der Waals surface area contributed by atoms with Crippen LogP contribution in [-0.2, 0) is 17.7 Å². The minimum atomic E-state index is -0.299. The van der Waals surface area contributed by atoms with Crippen molar-refractivity contribution in [2.75, 3.05) is 36.0 Å². The lowest BCUT2D eigenvalue weighted by Crippen LogP contribution is -2.50. The van der Waals surface area contributed by atoms with Crippen molar-refractivity contribution in [2.24, 2.45) is 16.1 Å². The number of aromatic nitrogens is 2. The lowest BCUT2D eigenvalue weighted by Gasteiger charge is -2.41. The van der Waals surface area contributed by atoms with Crippen molar-refractivity contribution in [1.29, 1.82) is 0 Å². The van der Waals surface area contributed by atoms with E-state index < -0.39 is 0 Å². The normalized spacial score (nSPS) is 25.3. The maximum atomic E-state index is 11.5. The van der Waals surface area contributed by atoms with Crippen LogP contribution in [0.15, 0.2) is 29.4 Å². The molecule has 1 aromatic carbocycles. The molecule has 6 rings (SSSR count). The Bertz CT molecular complexity index is 1180. The molecule has 34 heavy (non-hydrogen) atoms. The molecular formula is C24H29N7O3. The van der Waals surface area contributed by atoms with Crippen molar-refractivity contribution in [2.45, 2.75) is 51.3 Å². The number of piperidine rings is 1. The molecule has 4 aliphatic rings. The van der Waals surface area contributed by atoms with E-state index in [0.717, 1.165) is 79.8 Å². The highest BCUT2D eigenvalue weighted by Crippen LogP contribution is 2.42. The molecule has 10 nitrogen and oxygen atoms in total. The molecule has 0 amide bonds. The third-order valence-electron chi connectivity index (χ3n) is 8.03. The van der Waals surface area contributed by atoms with Crippen LogP contribution < -0.4 is 15.5 Å². The number of nitro groups is 1. The fourth-order valence-electron chi connectivity index (χ4n) is 5.96. The number of aliphatic imine (C=N–C) groups is 1. The van der Waals surface area contributed by atoms with E-state index in [2.05, 4.69) is 16.7 Å². The van der Waals surface area contributed by atoms with Gasteiger partial charge < -0.3 is 20.3 Å². The van der Waals surface area contributed by atoms with E-state index in [1.807, 2.05) is 12.3 Å². The van der Waals surface area contributed by atoms with Gasteiger partial charge >= 0.3 is 0 Å². The summed E-state index contributed by atoms with van der Waals surface area (Å²) in [4.78, 5) is 30.0. The second-order valence-corrected chi connectivity index (χ2v) is 9.84. The van der Waals surface area contributed by atoms with Gasteiger partial charge in [-0.3, -0.25) is 15.1 Å². The molecule has 0 saturated carbocycles.